The van der Waals surface area contributed by atoms with Crippen molar-refractivity contribution in [1.82, 2.24) is 35.6 Å². The molecule has 0 aromatic carbocycles. The summed E-state index contributed by atoms with van der Waals surface area (Å²) in [6.45, 7) is 3.63. The van der Waals surface area contributed by atoms with E-state index >= 15 is 0 Å². The van der Waals surface area contributed by atoms with E-state index in [1.807, 2.05) is 12.1 Å². The van der Waals surface area contributed by atoms with Crippen LogP contribution < -0.4 is 10.6 Å². The van der Waals surface area contributed by atoms with Gasteiger partial charge in [-0.3, -0.25) is 4.98 Å². The van der Waals surface area contributed by atoms with Crippen LogP contribution in [-0.2, 0) is 6.42 Å². The molecule has 0 amide bonds. The molecule has 24 heavy (non-hydrogen) atoms. The second-order valence-electron chi connectivity index (χ2n) is 5.15. The smallest absolute Gasteiger partial charge is 0.224 e. The quantitative estimate of drug-likeness (QED) is 0.571. The van der Waals surface area contributed by atoms with Crippen molar-refractivity contribution in [2.24, 2.45) is 0 Å². The number of aromatic amines is 1. The lowest BCUT2D eigenvalue weighted by atomic mass is 10.2. The van der Waals surface area contributed by atoms with Crippen molar-refractivity contribution in [2.75, 3.05) is 23.7 Å². The van der Waals surface area contributed by atoms with E-state index in [1.165, 1.54) is 5.56 Å². The Labute approximate surface area is 139 Å². The molecule has 3 heterocycles. The standard InChI is InChI=1S/C15H19N9/c1-2-6-17-13-12(14-21-23-24-22-14)10-19-15(20-13)18-9-5-11-3-7-16-8-4-11/h3-4,7-8,10H,2,5-6,9H2,1H3,(H2,17,18,19,20)(H,21,22,23,24). The zero-order valence-corrected chi connectivity index (χ0v) is 13.4. The van der Waals surface area contributed by atoms with Crippen molar-refractivity contribution in [3.63, 3.8) is 0 Å². The van der Waals surface area contributed by atoms with Gasteiger partial charge < -0.3 is 10.6 Å². The van der Waals surface area contributed by atoms with Gasteiger partial charge in [-0.2, -0.15) is 10.2 Å². The maximum Gasteiger partial charge on any atom is 0.224 e. The number of aromatic nitrogens is 7. The lowest BCUT2D eigenvalue weighted by molar-refractivity contribution is 0.881. The molecule has 124 valence electrons. The molecular weight excluding hydrogens is 306 g/mol. The summed E-state index contributed by atoms with van der Waals surface area (Å²) in [5.74, 6) is 1.73. The lowest BCUT2D eigenvalue weighted by Crippen LogP contribution is -2.11. The second kappa shape index (κ2) is 7.95. The summed E-state index contributed by atoms with van der Waals surface area (Å²) < 4.78 is 0. The first kappa shape index (κ1) is 15.8. The average molecular weight is 325 g/mol. The van der Waals surface area contributed by atoms with Crippen LogP contribution in [0.15, 0.2) is 30.7 Å². The second-order valence-corrected chi connectivity index (χ2v) is 5.15. The van der Waals surface area contributed by atoms with Crippen LogP contribution in [0.1, 0.15) is 18.9 Å². The first-order chi connectivity index (χ1) is 11.9. The summed E-state index contributed by atoms with van der Waals surface area (Å²) in [6.07, 6.45) is 7.14. The first-order valence-corrected chi connectivity index (χ1v) is 7.84. The molecule has 9 heteroatoms. The van der Waals surface area contributed by atoms with Gasteiger partial charge in [0.25, 0.3) is 0 Å². The van der Waals surface area contributed by atoms with E-state index in [0.717, 1.165) is 31.5 Å². The van der Waals surface area contributed by atoms with Crippen LogP contribution in [0, 0.1) is 0 Å². The molecule has 0 atom stereocenters. The largest absolute Gasteiger partial charge is 0.369 e. The van der Waals surface area contributed by atoms with E-state index in [-0.39, 0.29) is 0 Å². The summed E-state index contributed by atoms with van der Waals surface area (Å²) >= 11 is 0. The topological polar surface area (TPSA) is 117 Å². The van der Waals surface area contributed by atoms with E-state index in [1.54, 1.807) is 18.6 Å². The fraction of sp³-hybridized carbons (Fsp3) is 0.333. The van der Waals surface area contributed by atoms with Crippen LogP contribution in [0.5, 0.6) is 0 Å². The Morgan fingerprint density at radius 2 is 2.00 bits per heavy atom. The summed E-state index contributed by atoms with van der Waals surface area (Å²) in [5, 5.41) is 20.5. The van der Waals surface area contributed by atoms with Crippen molar-refractivity contribution >= 4 is 11.8 Å². The van der Waals surface area contributed by atoms with Gasteiger partial charge in [-0.05, 0) is 35.8 Å². The van der Waals surface area contributed by atoms with Gasteiger partial charge in [0.2, 0.25) is 11.8 Å². The van der Waals surface area contributed by atoms with Crippen LogP contribution in [0.4, 0.5) is 11.8 Å². The number of nitrogens with one attached hydrogen (secondary N) is 3. The fourth-order valence-electron chi connectivity index (χ4n) is 2.15. The lowest BCUT2D eigenvalue weighted by Gasteiger charge is -2.10. The Bertz CT molecular complexity index is 743. The van der Waals surface area contributed by atoms with E-state index in [4.69, 9.17) is 0 Å². The molecule has 3 aromatic rings. The Morgan fingerprint density at radius 3 is 2.75 bits per heavy atom. The highest BCUT2D eigenvalue weighted by Gasteiger charge is 2.12. The Kier molecular flexibility index (Phi) is 5.23. The average Bonchev–Trinajstić information content (AvgIpc) is 3.15. The van der Waals surface area contributed by atoms with Gasteiger partial charge >= 0.3 is 0 Å². The van der Waals surface area contributed by atoms with Crippen molar-refractivity contribution in [3.8, 4) is 11.4 Å². The van der Waals surface area contributed by atoms with E-state index in [9.17, 15) is 0 Å². The molecule has 0 spiro atoms. The third kappa shape index (κ3) is 4.00. The van der Waals surface area contributed by atoms with E-state index < -0.39 is 0 Å². The predicted molar refractivity (Wildman–Crippen MR) is 90.4 cm³/mol. The zero-order valence-electron chi connectivity index (χ0n) is 13.4. The highest BCUT2D eigenvalue weighted by molar-refractivity contribution is 5.69. The Hall–Kier alpha value is -3.10. The number of rotatable bonds is 8. The molecule has 0 unspecified atom stereocenters. The van der Waals surface area contributed by atoms with Gasteiger partial charge in [-0.15, -0.1) is 10.2 Å². The maximum atomic E-state index is 4.53. The maximum absolute atomic E-state index is 4.53. The van der Waals surface area contributed by atoms with Gasteiger partial charge in [0.15, 0.2) is 0 Å². The third-order valence-corrected chi connectivity index (χ3v) is 3.36. The van der Waals surface area contributed by atoms with Crippen LogP contribution in [0.25, 0.3) is 11.4 Å². The van der Waals surface area contributed by atoms with Gasteiger partial charge in [0.05, 0.1) is 5.56 Å². The number of tetrazole rings is 1. The van der Waals surface area contributed by atoms with Crippen molar-refractivity contribution in [1.29, 1.82) is 0 Å². The summed E-state index contributed by atoms with van der Waals surface area (Å²) in [5.41, 5.74) is 1.93. The first-order valence-electron chi connectivity index (χ1n) is 7.84. The SMILES string of the molecule is CCCNc1nc(NCCc2ccncc2)ncc1-c1nn[nH]n1. The van der Waals surface area contributed by atoms with Crippen LogP contribution in [-0.4, -0.2) is 48.7 Å². The van der Waals surface area contributed by atoms with E-state index in [0.29, 0.717) is 17.6 Å². The summed E-state index contributed by atoms with van der Waals surface area (Å²) in [4.78, 5) is 12.9. The molecular formula is C15H19N9. The predicted octanol–water partition coefficient (Wildman–Crippen LogP) is 1.53. The minimum Gasteiger partial charge on any atom is -0.369 e. The van der Waals surface area contributed by atoms with Crippen molar-refractivity contribution in [2.45, 2.75) is 19.8 Å². The number of pyridine rings is 1. The summed E-state index contributed by atoms with van der Waals surface area (Å²) in [6, 6.07) is 3.99. The van der Waals surface area contributed by atoms with Gasteiger partial charge in [0.1, 0.15) is 5.82 Å². The molecule has 3 aromatic heterocycles. The van der Waals surface area contributed by atoms with E-state index in [2.05, 4.69) is 53.1 Å². The van der Waals surface area contributed by atoms with Crippen molar-refractivity contribution in [3.05, 3.63) is 36.3 Å². The Balaban J connectivity index is 1.69. The molecule has 3 rings (SSSR count). The highest BCUT2D eigenvalue weighted by Crippen LogP contribution is 2.22. The van der Waals surface area contributed by atoms with Gasteiger partial charge in [-0.25, -0.2) is 4.98 Å². The van der Waals surface area contributed by atoms with Crippen LogP contribution in [0.3, 0.4) is 0 Å². The molecule has 0 fully saturated rings. The molecule has 0 aliphatic carbocycles. The molecule has 9 nitrogen and oxygen atoms in total. The Morgan fingerprint density at radius 1 is 1.12 bits per heavy atom. The third-order valence-electron chi connectivity index (χ3n) is 3.36. The number of nitrogens with zero attached hydrogens (tertiary/aromatic N) is 6. The number of anilines is 2. The zero-order chi connectivity index (χ0) is 16.6. The molecule has 0 aliphatic heterocycles. The fourth-order valence-corrected chi connectivity index (χ4v) is 2.15. The van der Waals surface area contributed by atoms with Gasteiger partial charge in [-0.1, -0.05) is 6.92 Å². The molecule has 0 bridgehead atoms. The highest BCUT2D eigenvalue weighted by atomic mass is 15.5. The normalized spacial score (nSPS) is 10.5. The molecule has 0 aliphatic rings. The molecule has 0 saturated heterocycles. The summed E-state index contributed by atoms with van der Waals surface area (Å²) in [7, 11) is 0. The number of hydrogen-bond donors (Lipinski definition) is 3. The number of H-pyrrole nitrogens is 1. The minimum atomic E-state index is 0.469. The van der Waals surface area contributed by atoms with Crippen LogP contribution in [0.2, 0.25) is 0 Å². The molecule has 0 saturated carbocycles. The monoisotopic (exact) mass is 325 g/mol. The van der Waals surface area contributed by atoms with Crippen molar-refractivity contribution < 1.29 is 0 Å². The minimum absolute atomic E-state index is 0.469. The van der Waals surface area contributed by atoms with Gasteiger partial charge in [0, 0.05) is 31.7 Å². The van der Waals surface area contributed by atoms with Crippen LogP contribution >= 0.6 is 0 Å². The molecule has 3 N–H and O–H groups in total. The molecule has 0 radical (unpaired) electrons. The number of hydrogen-bond acceptors (Lipinski definition) is 8.